The number of hydrogen-bond acceptors (Lipinski definition) is 0. The first kappa shape index (κ1) is 20.6. The molecule has 1 aromatic rings. The summed E-state index contributed by atoms with van der Waals surface area (Å²) in [4.78, 5) is 0. The zero-order chi connectivity index (χ0) is 18.4. The first-order chi connectivity index (χ1) is 10.0. The van der Waals surface area contributed by atoms with Crippen LogP contribution in [0.3, 0.4) is 0 Å². The Balaban J connectivity index is 3.80. The second-order valence-corrected chi connectivity index (χ2v) is 7.43. The standard InChI is InChI=1S/C13H9Cl3F7/c1-6-3-7(2)8(5-10(14,15)16)9(4-6)11(17,12(18,19)20)13(21,22)23/h4H,5H2,1-2H3. The Morgan fingerprint density at radius 1 is 0.913 bits per heavy atom. The number of benzene rings is 1. The van der Waals surface area contributed by atoms with Gasteiger partial charge in [0, 0.05) is 12.0 Å². The van der Waals surface area contributed by atoms with Crippen LogP contribution in [0.2, 0.25) is 0 Å². The summed E-state index contributed by atoms with van der Waals surface area (Å²) in [5.74, 6) is 0. The summed E-state index contributed by atoms with van der Waals surface area (Å²) in [5, 5.41) is 0. The SMILES string of the molecule is Cc1[c]c(C)c(CC(Cl)(Cl)Cl)c(C(F)(C(F)(F)F)C(F)(F)F)c1. The van der Waals surface area contributed by atoms with Crippen molar-refractivity contribution >= 4 is 34.8 Å². The van der Waals surface area contributed by atoms with Gasteiger partial charge in [-0.2, -0.15) is 26.3 Å². The third-order valence-corrected chi connectivity index (χ3v) is 3.45. The van der Waals surface area contributed by atoms with Crippen LogP contribution in [0.5, 0.6) is 0 Å². The molecule has 0 spiro atoms. The van der Waals surface area contributed by atoms with E-state index < -0.39 is 39.4 Å². The number of alkyl halides is 10. The summed E-state index contributed by atoms with van der Waals surface area (Å²) in [6.45, 7) is 2.35. The second kappa shape index (κ2) is 6.15. The van der Waals surface area contributed by atoms with Crippen molar-refractivity contribution in [2.45, 2.75) is 42.1 Å². The lowest BCUT2D eigenvalue weighted by atomic mass is 9.85. The average Bonchev–Trinajstić information content (AvgIpc) is 2.26. The van der Waals surface area contributed by atoms with E-state index in [1.165, 1.54) is 6.92 Å². The molecule has 131 valence electrons. The highest BCUT2D eigenvalue weighted by Crippen LogP contribution is 2.55. The largest absolute Gasteiger partial charge is 0.435 e. The van der Waals surface area contributed by atoms with Crippen molar-refractivity contribution in [3.63, 3.8) is 0 Å². The summed E-state index contributed by atoms with van der Waals surface area (Å²) < 4.78 is 89.9. The van der Waals surface area contributed by atoms with Gasteiger partial charge in [0.2, 0.25) is 0 Å². The van der Waals surface area contributed by atoms with Gasteiger partial charge in [-0.25, -0.2) is 4.39 Å². The predicted octanol–water partition coefficient (Wildman–Crippen LogP) is 6.31. The van der Waals surface area contributed by atoms with Crippen LogP contribution in [-0.2, 0) is 12.1 Å². The van der Waals surface area contributed by atoms with Crippen LogP contribution in [0.1, 0.15) is 22.3 Å². The van der Waals surface area contributed by atoms with E-state index in [0.29, 0.717) is 6.07 Å². The van der Waals surface area contributed by atoms with E-state index in [1.54, 1.807) is 0 Å². The van der Waals surface area contributed by atoms with Gasteiger partial charge in [0.15, 0.2) is 3.79 Å². The van der Waals surface area contributed by atoms with Crippen LogP contribution in [0.15, 0.2) is 6.07 Å². The molecule has 0 nitrogen and oxygen atoms in total. The fraction of sp³-hybridized carbons (Fsp3) is 0.538. The maximum absolute atomic E-state index is 14.3. The quantitative estimate of drug-likeness (QED) is 0.400. The zero-order valence-corrected chi connectivity index (χ0v) is 13.8. The molecule has 0 aliphatic rings. The van der Waals surface area contributed by atoms with Crippen molar-refractivity contribution in [2.24, 2.45) is 0 Å². The van der Waals surface area contributed by atoms with Gasteiger partial charge in [0.1, 0.15) is 0 Å². The zero-order valence-electron chi connectivity index (χ0n) is 11.6. The normalized spacial score (nSPS) is 14.3. The van der Waals surface area contributed by atoms with Crippen LogP contribution in [-0.4, -0.2) is 16.1 Å². The van der Waals surface area contributed by atoms with Crippen LogP contribution in [0, 0.1) is 19.9 Å². The molecule has 0 fully saturated rings. The minimum atomic E-state index is -6.24. The molecule has 1 radical (unpaired) electrons. The smallest absolute Gasteiger partial charge is 0.218 e. The Kier molecular flexibility index (Phi) is 5.52. The summed E-state index contributed by atoms with van der Waals surface area (Å²) >= 11 is 16.4. The first-order valence-corrected chi connectivity index (χ1v) is 7.06. The van der Waals surface area contributed by atoms with E-state index in [4.69, 9.17) is 34.8 Å². The molecule has 1 aromatic carbocycles. The Morgan fingerprint density at radius 3 is 1.70 bits per heavy atom. The van der Waals surface area contributed by atoms with Gasteiger partial charge < -0.3 is 0 Å². The molecule has 0 unspecified atom stereocenters. The van der Waals surface area contributed by atoms with Crippen molar-refractivity contribution in [2.75, 3.05) is 0 Å². The van der Waals surface area contributed by atoms with Crippen LogP contribution < -0.4 is 0 Å². The molecule has 0 N–H and O–H groups in total. The maximum atomic E-state index is 14.3. The molecule has 0 atom stereocenters. The number of rotatable bonds is 2. The van der Waals surface area contributed by atoms with Gasteiger partial charge in [0.25, 0.3) is 0 Å². The lowest BCUT2D eigenvalue weighted by Gasteiger charge is -2.33. The molecule has 23 heavy (non-hydrogen) atoms. The van der Waals surface area contributed by atoms with Crippen molar-refractivity contribution in [1.82, 2.24) is 0 Å². The van der Waals surface area contributed by atoms with Gasteiger partial charge in [-0.05, 0) is 36.6 Å². The van der Waals surface area contributed by atoms with Crippen molar-refractivity contribution in [3.8, 4) is 0 Å². The summed E-state index contributed by atoms with van der Waals surface area (Å²) in [6, 6.07) is 2.92. The molecule has 0 aliphatic heterocycles. The van der Waals surface area contributed by atoms with E-state index in [-0.39, 0.29) is 11.1 Å². The molecule has 0 aromatic heterocycles. The van der Waals surface area contributed by atoms with Crippen LogP contribution in [0.4, 0.5) is 30.7 Å². The van der Waals surface area contributed by atoms with E-state index in [2.05, 4.69) is 6.07 Å². The van der Waals surface area contributed by atoms with Gasteiger partial charge in [0.05, 0.1) is 0 Å². The third-order valence-electron chi connectivity index (χ3n) is 3.05. The fourth-order valence-electron chi connectivity index (χ4n) is 2.11. The average molecular weight is 405 g/mol. The lowest BCUT2D eigenvalue weighted by Crippen LogP contribution is -2.51. The number of aryl methyl sites for hydroxylation is 2. The van der Waals surface area contributed by atoms with E-state index >= 15 is 0 Å². The van der Waals surface area contributed by atoms with Crippen molar-refractivity contribution < 1.29 is 30.7 Å². The molecule has 0 aliphatic carbocycles. The fourth-order valence-corrected chi connectivity index (χ4v) is 2.52. The van der Waals surface area contributed by atoms with E-state index in [0.717, 1.165) is 6.92 Å². The molecule has 1 rings (SSSR count). The first-order valence-electron chi connectivity index (χ1n) is 5.92. The van der Waals surface area contributed by atoms with Gasteiger partial charge in [-0.15, -0.1) is 0 Å². The van der Waals surface area contributed by atoms with Crippen molar-refractivity contribution in [3.05, 3.63) is 34.4 Å². The molecular weight excluding hydrogens is 395 g/mol. The minimum absolute atomic E-state index is 0.110. The summed E-state index contributed by atoms with van der Waals surface area (Å²) in [5.41, 5.74) is -8.20. The van der Waals surface area contributed by atoms with Gasteiger partial charge in [-0.3, -0.25) is 0 Å². The van der Waals surface area contributed by atoms with E-state index in [9.17, 15) is 30.7 Å². The number of halogens is 10. The van der Waals surface area contributed by atoms with E-state index in [1.807, 2.05) is 0 Å². The molecule has 10 heteroatoms. The van der Waals surface area contributed by atoms with Crippen LogP contribution in [0.25, 0.3) is 0 Å². The Labute approximate surface area is 142 Å². The Morgan fingerprint density at radius 2 is 1.35 bits per heavy atom. The predicted molar refractivity (Wildman–Crippen MR) is 73.6 cm³/mol. The van der Waals surface area contributed by atoms with Gasteiger partial charge >= 0.3 is 18.0 Å². The summed E-state index contributed by atoms with van der Waals surface area (Å²) in [6.07, 6.45) is -13.3. The molecular formula is C13H9Cl3F7. The Hall–Kier alpha value is -0.400. The van der Waals surface area contributed by atoms with Crippen molar-refractivity contribution in [1.29, 1.82) is 0 Å². The highest BCUT2D eigenvalue weighted by Gasteiger charge is 2.74. The molecule has 0 saturated carbocycles. The third kappa shape index (κ3) is 4.17. The van der Waals surface area contributed by atoms with Gasteiger partial charge in [-0.1, -0.05) is 40.9 Å². The molecule has 0 bridgehead atoms. The summed E-state index contributed by atoms with van der Waals surface area (Å²) in [7, 11) is 0. The monoisotopic (exact) mass is 403 g/mol. The minimum Gasteiger partial charge on any atom is -0.218 e. The number of hydrogen-bond donors (Lipinski definition) is 0. The maximum Gasteiger partial charge on any atom is 0.435 e. The Bertz CT molecular complexity index is 571. The molecule has 0 amide bonds. The van der Waals surface area contributed by atoms with Crippen LogP contribution >= 0.6 is 34.8 Å². The highest BCUT2D eigenvalue weighted by molar-refractivity contribution is 6.67. The molecule has 0 saturated heterocycles. The highest BCUT2D eigenvalue weighted by atomic mass is 35.6. The lowest BCUT2D eigenvalue weighted by molar-refractivity contribution is -0.348. The topological polar surface area (TPSA) is 0 Å². The second-order valence-electron chi connectivity index (χ2n) is 4.92. The molecule has 0 heterocycles.